The van der Waals surface area contributed by atoms with E-state index in [9.17, 15) is 0 Å². The molecule has 0 aliphatic heterocycles. The van der Waals surface area contributed by atoms with Gasteiger partial charge in [-0.1, -0.05) is 13.8 Å². The van der Waals surface area contributed by atoms with E-state index in [-0.39, 0.29) is 0 Å². The molecule has 5 nitrogen and oxygen atoms in total. The number of nitrogens with zero attached hydrogens (tertiary/aromatic N) is 3. The van der Waals surface area contributed by atoms with Crippen LogP contribution >= 0.6 is 0 Å². The number of hydrogen-bond acceptors (Lipinski definition) is 4. The lowest BCUT2D eigenvalue weighted by molar-refractivity contribution is 1.12. The topological polar surface area (TPSA) is 88.0 Å². The monoisotopic (exact) mass is 179 g/mol. The van der Waals surface area contributed by atoms with Gasteiger partial charge in [-0.25, -0.2) is 15.0 Å². The Morgan fingerprint density at radius 3 is 2.77 bits per heavy atom. The zero-order chi connectivity index (χ0) is 10.1. The Kier molecular flexibility index (Phi) is 5.96. The summed E-state index contributed by atoms with van der Waals surface area (Å²) in [4.78, 5) is 11.3. The van der Waals surface area contributed by atoms with Gasteiger partial charge in [-0.15, -0.1) is 0 Å². The van der Waals surface area contributed by atoms with Crippen LogP contribution in [0.15, 0.2) is 17.3 Å². The van der Waals surface area contributed by atoms with Crippen molar-refractivity contribution in [3.05, 3.63) is 18.1 Å². The largest absolute Gasteiger partial charge is 0.390 e. The molecule has 1 aromatic heterocycles. The minimum absolute atomic E-state index is 0.327. The molecule has 1 aromatic rings. The number of nitrogens with two attached hydrogens (primary N) is 1. The molecular weight excluding hydrogens is 166 g/mol. The van der Waals surface area contributed by atoms with Crippen LogP contribution < -0.4 is 5.73 Å². The normalized spacial score (nSPS) is 9.08. The summed E-state index contributed by atoms with van der Waals surface area (Å²) in [6, 6.07) is 1.61. The third kappa shape index (κ3) is 3.95. The minimum Gasteiger partial charge on any atom is -0.390 e. The molecule has 13 heavy (non-hydrogen) atoms. The molecule has 0 aliphatic carbocycles. The SMILES string of the molecule is CC.N=Cc1nccc(N=CN)n1. The van der Waals surface area contributed by atoms with Crippen molar-refractivity contribution in [1.82, 2.24) is 9.97 Å². The predicted molar refractivity (Wildman–Crippen MR) is 53.6 cm³/mol. The lowest BCUT2D eigenvalue weighted by Gasteiger charge is -1.91. The van der Waals surface area contributed by atoms with E-state index in [1.54, 1.807) is 6.07 Å². The summed E-state index contributed by atoms with van der Waals surface area (Å²) in [5.74, 6) is 0.786. The summed E-state index contributed by atoms with van der Waals surface area (Å²) in [5, 5.41) is 6.84. The Bertz CT molecular complexity index is 282. The molecule has 1 heterocycles. The Morgan fingerprint density at radius 1 is 1.54 bits per heavy atom. The summed E-state index contributed by atoms with van der Waals surface area (Å²) in [5.41, 5.74) is 5.04. The van der Waals surface area contributed by atoms with Crippen LogP contribution in [0.25, 0.3) is 0 Å². The van der Waals surface area contributed by atoms with Crippen LogP contribution in [0.1, 0.15) is 19.7 Å². The van der Waals surface area contributed by atoms with Crippen LogP contribution in [0.5, 0.6) is 0 Å². The maximum Gasteiger partial charge on any atom is 0.172 e. The second-order valence-corrected chi connectivity index (χ2v) is 1.70. The third-order valence-corrected chi connectivity index (χ3v) is 0.995. The highest BCUT2D eigenvalue weighted by Crippen LogP contribution is 2.02. The van der Waals surface area contributed by atoms with Gasteiger partial charge in [0, 0.05) is 12.3 Å². The van der Waals surface area contributed by atoms with E-state index >= 15 is 0 Å². The van der Waals surface area contributed by atoms with Gasteiger partial charge < -0.3 is 11.1 Å². The van der Waals surface area contributed by atoms with E-state index < -0.39 is 0 Å². The molecule has 0 atom stereocenters. The van der Waals surface area contributed by atoms with Crippen molar-refractivity contribution >= 4 is 18.4 Å². The van der Waals surface area contributed by atoms with Crippen LogP contribution in [-0.4, -0.2) is 22.5 Å². The zero-order valence-electron chi connectivity index (χ0n) is 7.73. The molecule has 3 N–H and O–H groups in total. The van der Waals surface area contributed by atoms with Gasteiger partial charge in [0.25, 0.3) is 0 Å². The van der Waals surface area contributed by atoms with Crippen molar-refractivity contribution < 1.29 is 0 Å². The number of rotatable bonds is 2. The van der Waals surface area contributed by atoms with E-state index in [0.717, 1.165) is 12.6 Å². The van der Waals surface area contributed by atoms with E-state index in [1.165, 1.54) is 6.20 Å². The first-order chi connectivity index (χ1) is 6.36. The highest BCUT2D eigenvalue weighted by atomic mass is 15.0. The van der Waals surface area contributed by atoms with Gasteiger partial charge in [-0.3, -0.25) is 0 Å². The van der Waals surface area contributed by atoms with E-state index in [0.29, 0.717) is 11.6 Å². The Labute approximate surface area is 77.3 Å². The Balaban J connectivity index is 0.000000671. The van der Waals surface area contributed by atoms with Gasteiger partial charge in [-0.2, -0.15) is 0 Å². The van der Waals surface area contributed by atoms with Gasteiger partial charge in [0.05, 0.1) is 12.6 Å². The summed E-state index contributed by atoms with van der Waals surface area (Å²) in [6.07, 6.45) is 3.72. The van der Waals surface area contributed by atoms with Gasteiger partial charge in [0.1, 0.15) is 0 Å². The van der Waals surface area contributed by atoms with Crippen LogP contribution in [0.2, 0.25) is 0 Å². The van der Waals surface area contributed by atoms with E-state index in [4.69, 9.17) is 11.1 Å². The molecule has 0 aliphatic rings. The zero-order valence-corrected chi connectivity index (χ0v) is 7.73. The quantitative estimate of drug-likeness (QED) is 0.526. The molecular formula is C8H13N5. The van der Waals surface area contributed by atoms with Crippen LogP contribution in [-0.2, 0) is 0 Å². The smallest absolute Gasteiger partial charge is 0.172 e. The average Bonchev–Trinajstić information content (AvgIpc) is 2.22. The summed E-state index contributed by atoms with van der Waals surface area (Å²) < 4.78 is 0. The maximum atomic E-state index is 6.84. The molecule has 0 saturated heterocycles. The van der Waals surface area contributed by atoms with Crippen molar-refractivity contribution in [2.45, 2.75) is 13.8 Å². The minimum atomic E-state index is 0.327. The number of nitrogens with one attached hydrogen (secondary N) is 1. The van der Waals surface area contributed by atoms with Crippen LogP contribution in [0, 0.1) is 5.41 Å². The highest BCUT2D eigenvalue weighted by Gasteiger charge is 1.91. The van der Waals surface area contributed by atoms with Crippen molar-refractivity contribution in [1.29, 1.82) is 5.41 Å². The predicted octanol–water partition coefficient (Wildman–Crippen LogP) is 1.12. The number of aliphatic imine (C=N–C) groups is 1. The number of hydrogen-bond donors (Lipinski definition) is 2. The molecule has 0 unspecified atom stereocenters. The first-order valence-corrected chi connectivity index (χ1v) is 3.94. The van der Waals surface area contributed by atoms with Crippen molar-refractivity contribution in [2.75, 3.05) is 0 Å². The first kappa shape index (κ1) is 11.2. The molecule has 0 fully saturated rings. The molecule has 5 heteroatoms. The van der Waals surface area contributed by atoms with E-state index in [2.05, 4.69) is 15.0 Å². The van der Waals surface area contributed by atoms with Gasteiger partial charge in [0.2, 0.25) is 0 Å². The third-order valence-electron chi connectivity index (χ3n) is 0.995. The van der Waals surface area contributed by atoms with Crippen molar-refractivity contribution in [2.24, 2.45) is 10.7 Å². The Hall–Kier alpha value is -1.78. The first-order valence-electron chi connectivity index (χ1n) is 3.94. The number of aromatic nitrogens is 2. The summed E-state index contributed by atoms with van der Waals surface area (Å²) in [6.45, 7) is 4.00. The van der Waals surface area contributed by atoms with Gasteiger partial charge in [0.15, 0.2) is 11.6 Å². The standard InChI is InChI=1S/C6H7N5.C2H6/c7-3-6-9-2-1-5(11-6)10-4-8;1-2/h1-4,7H,(H2,8,9,10,11);1-2H3. The van der Waals surface area contributed by atoms with Crippen LogP contribution in [0.3, 0.4) is 0 Å². The summed E-state index contributed by atoms with van der Waals surface area (Å²) >= 11 is 0. The second kappa shape index (κ2) is 6.90. The average molecular weight is 179 g/mol. The van der Waals surface area contributed by atoms with Crippen LogP contribution in [0.4, 0.5) is 5.82 Å². The van der Waals surface area contributed by atoms with Crippen molar-refractivity contribution in [3.8, 4) is 0 Å². The maximum absolute atomic E-state index is 6.84. The fourth-order valence-corrected chi connectivity index (χ4v) is 0.582. The molecule has 0 saturated carbocycles. The second-order valence-electron chi connectivity index (χ2n) is 1.70. The van der Waals surface area contributed by atoms with Gasteiger partial charge in [-0.05, 0) is 0 Å². The lowest BCUT2D eigenvalue weighted by Crippen LogP contribution is -1.92. The van der Waals surface area contributed by atoms with E-state index in [1.807, 2.05) is 13.8 Å². The van der Waals surface area contributed by atoms with Gasteiger partial charge >= 0.3 is 0 Å². The molecule has 0 radical (unpaired) electrons. The fourth-order valence-electron chi connectivity index (χ4n) is 0.582. The van der Waals surface area contributed by atoms with Crippen molar-refractivity contribution in [3.63, 3.8) is 0 Å². The molecule has 0 bridgehead atoms. The fraction of sp³-hybridized carbons (Fsp3) is 0.250. The molecule has 0 aromatic carbocycles. The highest BCUT2D eigenvalue weighted by molar-refractivity contribution is 5.71. The molecule has 70 valence electrons. The Morgan fingerprint density at radius 2 is 2.23 bits per heavy atom. The molecule has 0 amide bonds. The molecule has 1 rings (SSSR count). The summed E-state index contributed by atoms with van der Waals surface area (Å²) in [7, 11) is 0. The lowest BCUT2D eigenvalue weighted by atomic mass is 10.5. The molecule has 0 spiro atoms.